The Hall–Kier alpha value is -3.69. The van der Waals surface area contributed by atoms with Crippen molar-refractivity contribution in [3.8, 4) is 0 Å². The zero-order chi connectivity index (χ0) is 24.8. The fourth-order valence-corrected chi connectivity index (χ4v) is 5.30. The molecule has 1 saturated heterocycles. The number of Topliss-reactive ketones (excluding diaryl/α,β-unsaturated/α-hetero) is 1. The van der Waals surface area contributed by atoms with Crippen LogP contribution in [0, 0.1) is 5.92 Å². The number of hydrogen-bond donors (Lipinski definition) is 1. The number of rotatable bonds is 7. The summed E-state index contributed by atoms with van der Waals surface area (Å²) in [5.74, 6) is -0.530. The summed E-state index contributed by atoms with van der Waals surface area (Å²) in [4.78, 5) is 24.3. The van der Waals surface area contributed by atoms with Crippen molar-refractivity contribution in [2.45, 2.75) is 24.7 Å². The van der Waals surface area contributed by atoms with Gasteiger partial charge in [-0.1, -0.05) is 30.3 Å². The van der Waals surface area contributed by atoms with Crippen LogP contribution in [0.3, 0.4) is 0 Å². The highest BCUT2D eigenvalue weighted by Crippen LogP contribution is 2.26. The number of nitrogens with one attached hydrogen (secondary N) is 1. The van der Waals surface area contributed by atoms with Gasteiger partial charge in [-0.2, -0.15) is 14.5 Å². The van der Waals surface area contributed by atoms with E-state index in [-0.39, 0.29) is 35.6 Å². The average Bonchev–Trinajstić information content (AvgIpc) is 2.89. The average molecular weight is 491 g/mol. The summed E-state index contributed by atoms with van der Waals surface area (Å²) in [7, 11) is -3.67. The molecule has 8 nitrogen and oxygen atoms in total. The van der Waals surface area contributed by atoms with E-state index in [1.807, 2.05) is 30.3 Å². The highest BCUT2D eigenvalue weighted by Gasteiger charge is 2.32. The topological polar surface area (TPSA) is 108 Å². The standard InChI is InChI=1S/C26H26N4O4S/c1-19(31)20-7-13-25(14-8-20)35(33,34)30-17-15-21(16-18-30)26(32)27-22-9-11-24(12-10-22)29-28-23-5-3-2-4-6-23/h2-14,21H,15-18H2,1H3,(H,27,32). The summed E-state index contributed by atoms with van der Waals surface area (Å²) in [5, 5.41) is 11.3. The molecule has 180 valence electrons. The van der Waals surface area contributed by atoms with Crippen LogP contribution < -0.4 is 5.32 Å². The van der Waals surface area contributed by atoms with Crippen LogP contribution in [0.1, 0.15) is 30.1 Å². The predicted molar refractivity (Wildman–Crippen MR) is 134 cm³/mol. The molecule has 0 bridgehead atoms. The van der Waals surface area contributed by atoms with Crippen LogP contribution in [0.25, 0.3) is 0 Å². The summed E-state index contributed by atoms with van der Waals surface area (Å²) >= 11 is 0. The molecule has 1 fully saturated rings. The molecule has 1 N–H and O–H groups in total. The van der Waals surface area contributed by atoms with Crippen LogP contribution in [0.15, 0.2) is 94.0 Å². The number of amides is 1. The zero-order valence-corrected chi connectivity index (χ0v) is 20.1. The first kappa shape index (κ1) is 24.4. The van der Waals surface area contributed by atoms with Gasteiger partial charge in [-0.05, 0) is 68.3 Å². The number of piperidine rings is 1. The van der Waals surface area contributed by atoms with E-state index in [9.17, 15) is 18.0 Å². The third-order valence-electron chi connectivity index (χ3n) is 5.90. The number of benzene rings is 3. The second kappa shape index (κ2) is 10.7. The molecular weight excluding hydrogens is 464 g/mol. The Morgan fingerprint density at radius 3 is 1.97 bits per heavy atom. The van der Waals surface area contributed by atoms with Gasteiger partial charge in [0, 0.05) is 30.3 Å². The minimum Gasteiger partial charge on any atom is -0.326 e. The third kappa shape index (κ3) is 6.06. The minimum absolute atomic E-state index is 0.119. The molecule has 0 spiro atoms. The van der Waals surface area contributed by atoms with Crippen LogP contribution in [0.4, 0.5) is 17.1 Å². The van der Waals surface area contributed by atoms with Crippen molar-refractivity contribution in [1.29, 1.82) is 0 Å². The number of anilines is 1. The summed E-state index contributed by atoms with van der Waals surface area (Å²) < 4.78 is 27.3. The maximum Gasteiger partial charge on any atom is 0.243 e. The number of carbonyl (C=O) groups is 2. The Morgan fingerprint density at radius 1 is 0.829 bits per heavy atom. The van der Waals surface area contributed by atoms with E-state index in [0.29, 0.717) is 29.8 Å². The van der Waals surface area contributed by atoms with E-state index in [2.05, 4.69) is 15.5 Å². The van der Waals surface area contributed by atoms with E-state index in [1.165, 1.54) is 35.5 Å². The van der Waals surface area contributed by atoms with Crippen LogP contribution in [-0.4, -0.2) is 37.5 Å². The van der Waals surface area contributed by atoms with Gasteiger partial charge in [0.1, 0.15) is 0 Å². The van der Waals surface area contributed by atoms with Crippen molar-refractivity contribution < 1.29 is 18.0 Å². The summed E-state index contributed by atoms with van der Waals surface area (Å²) in [5.41, 5.74) is 2.54. The number of carbonyl (C=O) groups excluding carboxylic acids is 2. The SMILES string of the molecule is CC(=O)c1ccc(S(=O)(=O)N2CCC(C(=O)Nc3ccc(N=Nc4ccccc4)cc3)CC2)cc1. The summed E-state index contributed by atoms with van der Waals surface area (Å²) in [6.07, 6.45) is 0.861. The molecule has 0 aromatic heterocycles. The number of ketones is 1. The molecule has 3 aromatic rings. The molecule has 9 heteroatoms. The fourth-order valence-electron chi connectivity index (χ4n) is 3.83. The van der Waals surface area contributed by atoms with E-state index < -0.39 is 10.0 Å². The van der Waals surface area contributed by atoms with Crippen LogP contribution >= 0.6 is 0 Å². The highest BCUT2D eigenvalue weighted by atomic mass is 32.2. The Morgan fingerprint density at radius 2 is 1.40 bits per heavy atom. The van der Waals surface area contributed by atoms with Crippen LogP contribution in [0.2, 0.25) is 0 Å². The Balaban J connectivity index is 1.31. The van der Waals surface area contributed by atoms with Crippen molar-refractivity contribution in [3.63, 3.8) is 0 Å². The van der Waals surface area contributed by atoms with Gasteiger partial charge < -0.3 is 5.32 Å². The van der Waals surface area contributed by atoms with E-state index in [1.54, 1.807) is 24.3 Å². The molecular formula is C26H26N4O4S. The smallest absolute Gasteiger partial charge is 0.243 e. The van der Waals surface area contributed by atoms with Gasteiger partial charge in [-0.15, -0.1) is 0 Å². The van der Waals surface area contributed by atoms with Crippen molar-refractivity contribution >= 4 is 38.8 Å². The number of sulfonamides is 1. The van der Waals surface area contributed by atoms with Crippen LogP contribution in [-0.2, 0) is 14.8 Å². The number of nitrogens with zero attached hydrogens (tertiary/aromatic N) is 3. The molecule has 1 heterocycles. The molecule has 0 unspecified atom stereocenters. The lowest BCUT2D eigenvalue weighted by Gasteiger charge is -2.30. The first-order chi connectivity index (χ1) is 16.8. The molecule has 0 saturated carbocycles. The monoisotopic (exact) mass is 490 g/mol. The van der Waals surface area contributed by atoms with Gasteiger partial charge >= 0.3 is 0 Å². The Labute approximate surface area is 204 Å². The zero-order valence-electron chi connectivity index (χ0n) is 19.3. The van der Waals surface area contributed by atoms with Crippen molar-refractivity contribution in [2.24, 2.45) is 16.1 Å². The van der Waals surface area contributed by atoms with E-state index >= 15 is 0 Å². The first-order valence-corrected chi connectivity index (χ1v) is 12.8. The van der Waals surface area contributed by atoms with Gasteiger partial charge in [0.2, 0.25) is 15.9 Å². The molecule has 1 aliphatic heterocycles. The largest absolute Gasteiger partial charge is 0.326 e. The molecule has 0 radical (unpaired) electrons. The first-order valence-electron chi connectivity index (χ1n) is 11.3. The second-order valence-corrected chi connectivity index (χ2v) is 10.3. The van der Waals surface area contributed by atoms with Gasteiger partial charge in [-0.25, -0.2) is 8.42 Å². The number of azo groups is 1. The fraction of sp³-hybridized carbons (Fsp3) is 0.231. The minimum atomic E-state index is -3.67. The lowest BCUT2D eigenvalue weighted by Crippen LogP contribution is -2.41. The molecule has 35 heavy (non-hydrogen) atoms. The van der Waals surface area contributed by atoms with E-state index in [0.717, 1.165) is 5.69 Å². The lowest BCUT2D eigenvalue weighted by molar-refractivity contribution is -0.120. The van der Waals surface area contributed by atoms with Gasteiger partial charge in [-0.3, -0.25) is 9.59 Å². The maximum absolute atomic E-state index is 12.9. The number of hydrogen-bond acceptors (Lipinski definition) is 6. The van der Waals surface area contributed by atoms with Crippen molar-refractivity contribution in [2.75, 3.05) is 18.4 Å². The molecule has 3 aromatic carbocycles. The molecule has 0 aliphatic carbocycles. The van der Waals surface area contributed by atoms with Gasteiger partial charge in [0.05, 0.1) is 16.3 Å². The van der Waals surface area contributed by atoms with Crippen LogP contribution in [0.5, 0.6) is 0 Å². The normalized spacial score (nSPS) is 15.2. The molecule has 1 aliphatic rings. The second-order valence-electron chi connectivity index (χ2n) is 8.33. The quantitative estimate of drug-likeness (QED) is 0.356. The molecule has 1 amide bonds. The highest BCUT2D eigenvalue weighted by molar-refractivity contribution is 7.89. The van der Waals surface area contributed by atoms with E-state index in [4.69, 9.17) is 0 Å². The van der Waals surface area contributed by atoms with Gasteiger partial charge in [0.25, 0.3) is 0 Å². The summed E-state index contributed by atoms with van der Waals surface area (Å²) in [6, 6.07) is 22.4. The maximum atomic E-state index is 12.9. The van der Waals surface area contributed by atoms with Gasteiger partial charge in [0.15, 0.2) is 5.78 Å². The summed E-state index contributed by atoms with van der Waals surface area (Å²) in [6.45, 7) is 1.95. The molecule has 4 rings (SSSR count). The third-order valence-corrected chi connectivity index (χ3v) is 7.81. The Kier molecular flexibility index (Phi) is 7.48. The predicted octanol–water partition coefficient (Wildman–Crippen LogP) is 5.34. The molecule has 0 atom stereocenters. The van der Waals surface area contributed by atoms with Crippen molar-refractivity contribution in [1.82, 2.24) is 4.31 Å². The van der Waals surface area contributed by atoms with Crippen molar-refractivity contribution in [3.05, 3.63) is 84.4 Å². The Bertz CT molecular complexity index is 1310. The lowest BCUT2D eigenvalue weighted by atomic mass is 9.97.